The van der Waals surface area contributed by atoms with Crippen molar-refractivity contribution in [2.75, 3.05) is 11.1 Å². The van der Waals surface area contributed by atoms with E-state index in [2.05, 4.69) is 24.3 Å². The number of thioether (sulfide) groups is 1. The molecule has 7 heteroatoms. The Labute approximate surface area is 144 Å². The molecule has 0 aliphatic carbocycles. The van der Waals surface area contributed by atoms with Crippen LogP contribution in [0.2, 0.25) is 0 Å². The number of aromatic nitrogens is 2. The van der Waals surface area contributed by atoms with Crippen LogP contribution in [0.25, 0.3) is 5.69 Å². The van der Waals surface area contributed by atoms with Gasteiger partial charge in [0.1, 0.15) is 5.82 Å². The fourth-order valence-electron chi connectivity index (χ4n) is 2.72. The largest absolute Gasteiger partial charge is 0.478 e. The SMILES string of the molecule is CC(C)C[C@H]1SCC(=O)Nc2c1cnn2-c1ccc(C(=O)O)cc1. The summed E-state index contributed by atoms with van der Waals surface area (Å²) < 4.78 is 1.66. The number of fused-ring (bicyclic) bond motifs is 1. The highest BCUT2D eigenvalue weighted by Crippen LogP contribution is 2.41. The summed E-state index contributed by atoms with van der Waals surface area (Å²) in [5, 5.41) is 16.6. The van der Waals surface area contributed by atoms with Gasteiger partial charge in [-0.25, -0.2) is 9.48 Å². The molecule has 0 saturated carbocycles. The number of carboxylic acids is 1. The van der Waals surface area contributed by atoms with Gasteiger partial charge in [0.25, 0.3) is 0 Å². The van der Waals surface area contributed by atoms with Gasteiger partial charge in [0.05, 0.1) is 23.2 Å². The Morgan fingerprint density at radius 3 is 2.75 bits per heavy atom. The maximum absolute atomic E-state index is 12.1. The first kappa shape index (κ1) is 16.6. The van der Waals surface area contributed by atoms with Crippen molar-refractivity contribution in [2.24, 2.45) is 5.92 Å². The third-order valence-electron chi connectivity index (χ3n) is 3.86. The van der Waals surface area contributed by atoms with Crippen LogP contribution in [0.3, 0.4) is 0 Å². The molecule has 0 bridgehead atoms. The Morgan fingerprint density at radius 2 is 2.12 bits per heavy atom. The Kier molecular flexibility index (Phi) is 4.62. The number of nitrogens with zero attached hydrogens (tertiary/aromatic N) is 2. The summed E-state index contributed by atoms with van der Waals surface area (Å²) in [6, 6.07) is 6.45. The van der Waals surface area contributed by atoms with E-state index >= 15 is 0 Å². The number of nitrogens with one attached hydrogen (secondary N) is 1. The lowest BCUT2D eigenvalue weighted by atomic mass is 10.0. The molecule has 0 spiro atoms. The van der Waals surface area contributed by atoms with Gasteiger partial charge in [-0.05, 0) is 36.6 Å². The smallest absolute Gasteiger partial charge is 0.335 e. The number of carboxylic acid groups (broad SMARTS) is 1. The molecule has 1 amide bonds. The van der Waals surface area contributed by atoms with Gasteiger partial charge in [-0.2, -0.15) is 5.10 Å². The Bertz CT molecular complexity index is 768. The van der Waals surface area contributed by atoms with Crippen molar-refractivity contribution < 1.29 is 14.7 Å². The second kappa shape index (κ2) is 6.68. The van der Waals surface area contributed by atoms with Crippen LogP contribution in [0.15, 0.2) is 30.5 Å². The fourth-order valence-corrected chi connectivity index (χ4v) is 4.02. The van der Waals surface area contributed by atoms with E-state index in [9.17, 15) is 9.59 Å². The molecular weight excluding hydrogens is 326 g/mol. The first-order valence-electron chi connectivity index (χ1n) is 7.79. The van der Waals surface area contributed by atoms with E-state index in [1.165, 1.54) is 12.1 Å². The summed E-state index contributed by atoms with van der Waals surface area (Å²) in [5.74, 6) is 0.601. The standard InChI is InChI=1S/C17H19N3O3S/c1-10(2)7-14-13-8-18-20(16(13)19-15(21)9-24-14)12-5-3-11(4-6-12)17(22)23/h3-6,8,10,14H,7,9H2,1-2H3,(H,19,21)(H,22,23)/t14-/m1/s1. The number of carbonyl (C=O) groups excluding carboxylic acids is 1. The number of carbonyl (C=O) groups is 2. The van der Waals surface area contributed by atoms with Crippen LogP contribution < -0.4 is 5.32 Å². The van der Waals surface area contributed by atoms with Crippen LogP contribution in [0, 0.1) is 5.92 Å². The number of benzene rings is 1. The molecule has 126 valence electrons. The van der Waals surface area contributed by atoms with Crippen LogP contribution in [0.4, 0.5) is 5.82 Å². The molecule has 24 heavy (non-hydrogen) atoms. The van der Waals surface area contributed by atoms with E-state index in [0.717, 1.165) is 17.7 Å². The Balaban J connectivity index is 2.00. The topological polar surface area (TPSA) is 84.2 Å². The normalized spacial score (nSPS) is 17.3. The van der Waals surface area contributed by atoms with Crippen molar-refractivity contribution in [1.82, 2.24) is 9.78 Å². The quantitative estimate of drug-likeness (QED) is 0.888. The zero-order chi connectivity index (χ0) is 17.3. The minimum Gasteiger partial charge on any atom is -0.478 e. The van der Waals surface area contributed by atoms with E-state index in [1.54, 1.807) is 34.8 Å². The Morgan fingerprint density at radius 1 is 1.42 bits per heavy atom. The number of hydrogen-bond acceptors (Lipinski definition) is 4. The molecule has 1 atom stereocenters. The zero-order valence-corrected chi connectivity index (χ0v) is 14.3. The monoisotopic (exact) mass is 345 g/mol. The number of hydrogen-bond donors (Lipinski definition) is 2. The molecule has 1 aromatic carbocycles. The van der Waals surface area contributed by atoms with E-state index in [1.807, 2.05) is 0 Å². The molecule has 1 aliphatic rings. The third kappa shape index (κ3) is 3.31. The fraction of sp³-hybridized carbons (Fsp3) is 0.353. The van der Waals surface area contributed by atoms with E-state index in [-0.39, 0.29) is 16.7 Å². The highest BCUT2D eigenvalue weighted by molar-refractivity contribution is 8.00. The van der Waals surface area contributed by atoms with E-state index < -0.39 is 5.97 Å². The molecule has 1 aliphatic heterocycles. The second-order valence-electron chi connectivity index (χ2n) is 6.19. The van der Waals surface area contributed by atoms with Gasteiger partial charge in [0.2, 0.25) is 5.91 Å². The number of anilines is 1. The van der Waals surface area contributed by atoms with E-state index in [0.29, 0.717) is 17.5 Å². The van der Waals surface area contributed by atoms with Crippen LogP contribution >= 0.6 is 11.8 Å². The minimum atomic E-state index is -0.970. The Hall–Kier alpha value is -2.28. The molecular formula is C17H19N3O3S. The molecule has 2 aromatic rings. The maximum atomic E-state index is 12.1. The molecule has 3 rings (SSSR count). The molecule has 1 aromatic heterocycles. The first-order chi connectivity index (χ1) is 11.5. The molecule has 0 unspecified atom stereocenters. The van der Waals surface area contributed by atoms with Gasteiger partial charge in [-0.15, -0.1) is 11.8 Å². The van der Waals surface area contributed by atoms with Gasteiger partial charge in [-0.1, -0.05) is 13.8 Å². The van der Waals surface area contributed by atoms with Crippen LogP contribution in [-0.2, 0) is 4.79 Å². The summed E-state index contributed by atoms with van der Waals surface area (Å²) in [6.07, 6.45) is 2.77. The average Bonchev–Trinajstić information content (AvgIpc) is 2.88. The molecule has 0 fully saturated rings. The predicted octanol–water partition coefficient (Wildman–Crippen LogP) is 3.34. The molecule has 0 radical (unpaired) electrons. The van der Waals surface area contributed by atoms with Crippen LogP contribution in [0.1, 0.15) is 41.4 Å². The lowest BCUT2D eigenvalue weighted by Gasteiger charge is -2.15. The van der Waals surface area contributed by atoms with Crippen molar-refractivity contribution in [2.45, 2.75) is 25.5 Å². The van der Waals surface area contributed by atoms with Gasteiger partial charge in [0.15, 0.2) is 0 Å². The third-order valence-corrected chi connectivity index (χ3v) is 5.14. The van der Waals surface area contributed by atoms with Crippen LogP contribution in [-0.4, -0.2) is 32.5 Å². The number of rotatable bonds is 4. The lowest BCUT2D eigenvalue weighted by molar-refractivity contribution is -0.113. The molecule has 2 heterocycles. The zero-order valence-electron chi connectivity index (χ0n) is 13.5. The highest BCUT2D eigenvalue weighted by Gasteiger charge is 2.27. The van der Waals surface area contributed by atoms with Crippen molar-refractivity contribution in [3.05, 3.63) is 41.6 Å². The summed E-state index contributed by atoms with van der Waals surface area (Å²) in [4.78, 5) is 23.0. The van der Waals surface area contributed by atoms with Crippen molar-refractivity contribution in [3.63, 3.8) is 0 Å². The summed E-state index contributed by atoms with van der Waals surface area (Å²) in [5.41, 5.74) is 1.95. The minimum absolute atomic E-state index is 0.0450. The highest BCUT2D eigenvalue weighted by atomic mass is 32.2. The summed E-state index contributed by atoms with van der Waals surface area (Å²) in [7, 11) is 0. The van der Waals surface area contributed by atoms with Crippen LogP contribution in [0.5, 0.6) is 0 Å². The van der Waals surface area contributed by atoms with Crippen molar-refractivity contribution in [1.29, 1.82) is 0 Å². The van der Waals surface area contributed by atoms with Crippen molar-refractivity contribution in [3.8, 4) is 5.69 Å². The van der Waals surface area contributed by atoms with Gasteiger partial charge in [-0.3, -0.25) is 4.79 Å². The lowest BCUT2D eigenvalue weighted by Crippen LogP contribution is -2.15. The molecule has 2 N–H and O–H groups in total. The molecule has 0 saturated heterocycles. The maximum Gasteiger partial charge on any atom is 0.335 e. The second-order valence-corrected chi connectivity index (χ2v) is 7.38. The first-order valence-corrected chi connectivity index (χ1v) is 8.83. The average molecular weight is 345 g/mol. The van der Waals surface area contributed by atoms with Gasteiger partial charge < -0.3 is 10.4 Å². The van der Waals surface area contributed by atoms with Gasteiger partial charge in [0, 0.05) is 10.8 Å². The predicted molar refractivity (Wildman–Crippen MR) is 93.8 cm³/mol. The van der Waals surface area contributed by atoms with Crippen molar-refractivity contribution >= 4 is 29.5 Å². The number of aromatic carboxylic acids is 1. The summed E-state index contributed by atoms with van der Waals surface area (Å²) in [6.45, 7) is 4.32. The van der Waals surface area contributed by atoms with Gasteiger partial charge >= 0.3 is 5.97 Å². The number of amides is 1. The molecule has 6 nitrogen and oxygen atoms in total. The summed E-state index contributed by atoms with van der Waals surface area (Å²) >= 11 is 1.63. The van der Waals surface area contributed by atoms with E-state index in [4.69, 9.17) is 5.11 Å².